The summed E-state index contributed by atoms with van der Waals surface area (Å²) in [4.78, 5) is 35.6. The van der Waals surface area contributed by atoms with Gasteiger partial charge in [0.1, 0.15) is 11.6 Å². The molecule has 1 amide bonds. The molecule has 29 heavy (non-hydrogen) atoms. The number of carbonyl (C=O) groups excluding carboxylic acids is 1. The van der Waals surface area contributed by atoms with Crippen molar-refractivity contribution in [2.75, 3.05) is 7.11 Å². The zero-order valence-electron chi connectivity index (χ0n) is 16.6. The van der Waals surface area contributed by atoms with Crippen molar-refractivity contribution >= 4 is 16.7 Å². The van der Waals surface area contributed by atoms with Gasteiger partial charge in [0.2, 0.25) is 0 Å². The van der Waals surface area contributed by atoms with E-state index < -0.39 is 0 Å². The van der Waals surface area contributed by atoms with Crippen LogP contribution in [0.2, 0.25) is 0 Å². The molecule has 1 saturated heterocycles. The van der Waals surface area contributed by atoms with E-state index in [0.717, 1.165) is 40.6 Å². The monoisotopic (exact) mass is 389 g/mol. The maximum absolute atomic E-state index is 13.7. The van der Waals surface area contributed by atoms with Gasteiger partial charge in [-0.3, -0.25) is 9.59 Å². The number of amides is 1. The minimum atomic E-state index is -0.0673. The largest absolute Gasteiger partial charge is 0.496 e. The van der Waals surface area contributed by atoms with Crippen molar-refractivity contribution in [1.29, 1.82) is 0 Å². The maximum atomic E-state index is 13.7. The average Bonchev–Trinajstić information content (AvgIpc) is 3.02. The van der Waals surface area contributed by atoms with Crippen LogP contribution >= 0.6 is 0 Å². The van der Waals surface area contributed by atoms with Crippen LogP contribution in [0.5, 0.6) is 5.75 Å². The standard InChI is InChI=1S/C23H23N3O3/c1-13-24-20-12-15-8-7-14(11-19(20)22(27)25-13)26(15)23(28)18-9-10-21(29-2)17-6-4-3-5-16(17)18/h3-6,9-10,14-15H,7-8,11-12H2,1-2H3,(H,24,25,27)/t14-,15+/m0/s1. The van der Waals surface area contributed by atoms with E-state index in [-0.39, 0.29) is 23.6 Å². The number of aryl methyl sites for hydroxylation is 1. The van der Waals surface area contributed by atoms with Crippen molar-refractivity contribution in [1.82, 2.24) is 14.9 Å². The highest BCUT2D eigenvalue weighted by Crippen LogP contribution is 2.36. The molecule has 1 aromatic heterocycles. The quantitative estimate of drug-likeness (QED) is 0.731. The van der Waals surface area contributed by atoms with Gasteiger partial charge >= 0.3 is 0 Å². The van der Waals surface area contributed by atoms with Crippen LogP contribution in [0.25, 0.3) is 10.8 Å². The molecule has 6 heteroatoms. The topological polar surface area (TPSA) is 75.3 Å². The number of carbonyl (C=O) groups is 1. The fourth-order valence-electron chi connectivity index (χ4n) is 4.98. The highest BCUT2D eigenvalue weighted by atomic mass is 16.5. The first kappa shape index (κ1) is 17.9. The summed E-state index contributed by atoms with van der Waals surface area (Å²) in [7, 11) is 1.64. The summed E-state index contributed by atoms with van der Waals surface area (Å²) in [6.45, 7) is 1.80. The van der Waals surface area contributed by atoms with E-state index in [1.807, 2.05) is 41.3 Å². The number of nitrogens with one attached hydrogen (secondary N) is 1. The number of hydrogen-bond acceptors (Lipinski definition) is 4. The van der Waals surface area contributed by atoms with Gasteiger partial charge in [0.25, 0.3) is 11.5 Å². The van der Waals surface area contributed by atoms with Crippen LogP contribution in [0, 0.1) is 6.92 Å². The van der Waals surface area contributed by atoms with Crippen molar-refractivity contribution in [2.45, 2.75) is 44.7 Å². The molecule has 6 nitrogen and oxygen atoms in total. The summed E-state index contributed by atoms with van der Waals surface area (Å²) in [6.07, 6.45) is 3.05. The van der Waals surface area contributed by atoms with Crippen molar-refractivity contribution in [3.63, 3.8) is 0 Å². The van der Waals surface area contributed by atoms with Gasteiger partial charge in [-0.05, 0) is 37.3 Å². The molecule has 2 aliphatic heterocycles. The third-order valence-electron chi connectivity index (χ3n) is 6.28. The lowest BCUT2D eigenvalue weighted by atomic mass is 9.98. The Bertz CT molecular complexity index is 1180. The zero-order chi connectivity index (χ0) is 20.1. The molecule has 2 bridgehead atoms. The maximum Gasteiger partial charge on any atom is 0.255 e. The second-order valence-corrected chi connectivity index (χ2v) is 7.94. The normalized spacial score (nSPS) is 20.4. The van der Waals surface area contributed by atoms with Crippen LogP contribution in [0.1, 0.15) is 40.3 Å². The number of ether oxygens (including phenoxy) is 1. The number of benzene rings is 2. The molecule has 3 heterocycles. The molecule has 2 atom stereocenters. The van der Waals surface area contributed by atoms with Gasteiger partial charge in [-0.1, -0.05) is 24.3 Å². The Morgan fingerprint density at radius 2 is 1.83 bits per heavy atom. The highest BCUT2D eigenvalue weighted by Gasteiger charge is 2.41. The third-order valence-corrected chi connectivity index (χ3v) is 6.28. The second kappa shape index (κ2) is 6.72. The Kier molecular flexibility index (Phi) is 4.15. The summed E-state index contributed by atoms with van der Waals surface area (Å²) in [5.74, 6) is 1.41. The van der Waals surface area contributed by atoms with Crippen molar-refractivity contribution in [2.24, 2.45) is 0 Å². The van der Waals surface area contributed by atoms with Crippen molar-refractivity contribution < 1.29 is 9.53 Å². The molecule has 0 saturated carbocycles. The predicted octanol–water partition coefficient (Wildman–Crippen LogP) is 3.01. The molecule has 1 N–H and O–H groups in total. The lowest BCUT2D eigenvalue weighted by Crippen LogP contribution is -2.42. The van der Waals surface area contributed by atoms with Gasteiger partial charge in [0.05, 0.1) is 12.8 Å². The van der Waals surface area contributed by atoms with Crippen LogP contribution in [0.4, 0.5) is 0 Å². The van der Waals surface area contributed by atoms with Gasteiger partial charge in [0, 0.05) is 41.4 Å². The predicted molar refractivity (Wildman–Crippen MR) is 110 cm³/mol. The first-order valence-electron chi connectivity index (χ1n) is 10.0. The molecular formula is C23H23N3O3. The summed E-state index contributed by atoms with van der Waals surface area (Å²) in [5, 5.41) is 1.82. The smallest absolute Gasteiger partial charge is 0.255 e. The number of aromatic nitrogens is 2. The van der Waals surface area contributed by atoms with Crippen LogP contribution in [0.3, 0.4) is 0 Å². The van der Waals surface area contributed by atoms with E-state index in [0.29, 0.717) is 24.2 Å². The van der Waals surface area contributed by atoms with Gasteiger partial charge in [-0.15, -0.1) is 0 Å². The average molecular weight is 389 g/mol. The minimum absolute atomic E-state index is 0.0253. The summed E-state index contributed by atoms with van der Waals surface area (Å²) < 4.78 is 5.48. The van der Waals surface area contributed by atoms with Crippen LogP contribution in [0.15, 0.2) is 41.2 Å². The molecule has 0 unspecified atom stereocenters. The van der Waals surface area contributed by atoms with Gasteiger partial charge in [-0.2, -0.15) is 0 Å². The lowest BCUT2D eigenvalue weighted by molar-refractivity contribution is 0.0675. The summed E-state index contributed by atoms with van der Waals surface area (Å²) in [6, 6.07) is 11.7. The van der Waals surface area contributed by atoms with Gasteiger partial charge in [0.15, 0.2) is 0 Å². The van der Waals surface area contributed by atoms with E-state index in [2.05, 4.69) is 9.97 Å². The lowest BCUT2D eigenvalue weighted by Gasteiger charge is -2.29. The Hall–Kier alpha value is -3.15. The van der Waals surface area contributed by atoms with E-state index >= 15 is 0 Å². The Balaban J connectivity index is 1.58. The van der Waals surface area contributed by atoms with Crippen molar-refractivity contribution in [3.05, 3.63) is 69.4 Å². The third kappa shape index (κ3) is 2.82. The van der Waals surface area contributed by atoms with E-state index in [9.17, 15) is 9.59 Å². The number of aromatic amines is 1. The van der Waals surface area contributed by atoms with Crippen LogP contribution in [-0.2, 0) is 12.8 Å². The molecule has 148 valence electrons. The first-order valence-corrected chi connectivity index (χ1v) is 10.0. The Labute approximate surface area is 168 Å². The second-order valence-electron chi connectivity index (χ2n) is 7.94. The number of fused-ring (bicyclic) bond motifs is 4. The molecule has 2 aliphatic rings. The summed E-state index contributed by atoms with van der Waals surface area (Å²) in [5.41, 5.74) is 2.20. The Morgan fingerprint density at radius 1 is 1.10 bits per heavy atom. The molecule has 0 spiro atoms. The number of rotatable bonds is 2. The number of nitrogens with zero attached hydrogens (tertiary/aromatic N) is 2. The van der Waals surface area contributed by atoms with E-state index in [1.165, 1.54) is 0 Å². The fraction of sp³-hybridized carbons (Fsp3) is 0.348. The fourth-order valence-corrected chi connectivity index (χ4v) is 4.98. The highest BCUT2D eigenvalue weighted by molar-refractivity contribution is 6.09. The van der Waals surface area contributed by atoms with Crippen LogP contribution < -0.4 is 10.3 Å². The molecule has 2 aromatic carbocycles. The van der Waals surface area contributed by atoms with Gasteiger partial charge < -0.3 is 14.6 Å². The minimum Gasteiger partial charge on any atom is -0.496 e. The SMILES string of the molecule is COc1ccc(C(=O)N2[C@@H]3CC[C@H]2Cc2c(nc(C)[nH]c2=O)C3)c2ccccc12. The number of methoxy groups -OCH3 is 1. The molecule has 5 rings (SSSR count). The molecule has 1 fully saturated rings. The van der Waals surface area contributed by atoms with Gasteiger partial charge in [-0.25, -0.2) is 4.98 Å². The zero-order valence-corrected chi connectivity index (χ0v) is 16.6. The Morgan fingerprint density at radius 3 is 2.59 bits per heavy atom. The van der Waals surface area contributed by atoms with E-state index in [1.54, 1.807) is 14.0 Å². The molecule has 0 radical (unpaired) electrons. The van der Waals surface area contributed by atoms with Crippen molar-refractivity contribution in [3.8, 4) is 5.75 Å². The van der Waals surface area contributed by atoms with E-state index in [4.69, 9.17) is 4.74 Å². The molecule has 0 aliphatic carbocycles. The molecular weight excluding hydrogens is 366 g/mol. The van der Waals surface area contributed by atoms with Crippen LogP contribution in [-0.4, -0.2) is 40.0 Å². The molecule has 3 aromatic rings. The summed E-state index contributed by atoms with van der Waals surface area (Å²) >= 11 is 0. The first-order chi connectivity index (χ1) is 14.1. The number of H-pyrrole nitrogens is 1. The number of hydrogen-bond donors (Lipinski definition) is 1.